The number of hydrogen-bond acceptors (Lipinski definition) is 4. The van der Waals surface area contributed by atoms with Gasteiger partial charge in [-0.15, -0.1) is 0 Å². The molecule has 1 aliphatic heterocycles. The van der Waals surface area contributed by atoms with Gasteiger partial charge in [-0.1, -0.05) is 42.5 Å². The van der Waals surface area contributed by atoms with E-state index in [9.17, 15) is 0 Å². The third-order valence-electron chi connectivity index (χ3n) is 5.49. The first-order valence-electron chi connectivity index (χ1n) is 9.18. The third-order valence-corrected chi connectivity index (χ3v) is 5.49. The highest BCUT2D eigenvalue weighted by Crippen LogP contribution is 2.36. The van der Waals surface area contributed by atoms with Crippen LogP contribution in [0.15, 0.2) is 67.1 Å². The van der Waals surface area contributed by atoms with Gasteiger partial charge in [0, 0.05) is 11.8 Å². The minimum absolute atomic E-state index is 0.347. The van der Waals surface area contributed by atoms with Crippen molar-refractivity contribution >= 4 is 12.6 Å². The smallest absolute Gasteiger partial charge is 0.399 e. The van der Waals surface area contributed by atoms with Gasteiger partial charge in [0.05, 0.1) is 16.9 Å². The van der Waals surface area contributed by atoms with Gasteiger partial charge in [0.15, 0.2) is 0 Å². The van der Waals surface area contributed by atoms with Crippen molar-refractivity contribution in [3.8, 4) is 22.4 Å². The minimum Gasteiger partial charge on any atom is -0.399 e. The summed E-state index contributed by atoms with van der Waals surface area (Å²) in [5.41, 5.74) is 4.56. The molecule has 0 saturated carbocycles. The topological polar surface area (TPSA) is 44.2 Å². The van der Waals surface area contributed by atoms with Gasteiger partial charge in [-0.3, -0.25) is 0 Å². The van der Waals surface area contributed by atoms with Crippen LogP contribution in [0.1, 0.15) is 27.7 Å². The van der Waals surface area contributed by atoms with Gasteiger partial charge in [-0.25, -0.2) is 9.97 Å². The molecule has 3 aromatic rings. The molecule has 0 unspecified atom stereocenters. The molecule has 1 aliphatic rings. The van der Waals surface area contributed by atoms with E-state index in [2.05, 4.69) is 74.1 Å². The maximum atomic E-state index is 6.19. The van der Waals surface area contributed by atoms with Crippen molar-refractivity contribution < 1.29 is 9.31 Å². The first-order valence-corrected chi connectivity index (χ1v) is 9.18. The molecular formula is C22H23BN2O2. The molecule has 4 nitrogen and oxygen atoms in total. The highest BCUT2D eigenvalue weighted by atomic mass is 16.7. The van der Waals surface area contributed by atoms with E-state index in [0.717, 1.165) is 27.8 Å². The Morgan fingerprint density at radius 1 is 0.778 bits per heavy atom. The van der Waals surface area contributed by atoms with Crippen LogP contribution in [0.3, 0.4) is 0 Å². The second-order valence-electron chi connectivity index (χ2n) is 7.89. The molecule has 1 aromatic heterocycles. The van der Waals surface area contributed by atoms with Gasteiger partial charge in [0.25, 0.3) is 0 Å². The highest BCUT2D eigenvalue weighted by molar-refractivity contribution is 6.62. The van der Waals surface area contributed by atoms with Gasteiger partial charge in [0.1, 0.15) is 6.33 Å². The summed E-state index contributed by atoms with van der Waals surface area (Å²) in [6.45, 7) is 8.29. The molecule has 5 heteroatoms. The molecule has 136 valence electrons. The predicted octanol–water partition coefficient (Wildman–Crippen LogP) is 4.11. The van der Waals surface area contributed by atoms with Gasteiger partial charge < -0.3 is 9.31 Å². The van der Waals surface area contributed by atoms with Crippen LogP contribution in [0, 0.1) is 0 Å². The van der Waals surface area contributed by atoms with E-state index < -0.39 is 0 Å². The Balaban J connectivity index is 1.66. The zero-order valence-electron chi connectivity index (χ0n) is 16.1. The van der Waals surface area contributed by atoms with Crippen molar-refractivity contribution in [3.63, 3.8) is 0 Å². The maximum Gasteiger partial charge on any atom is 0.494 e. The molecule has 0 bridgehead atoms. The molecular weight excluding hydrogens is 335 g/mol. The Kier molecular flexibility index (Phi) is 4.37. The zero-order chi connectivity index (χ0) is 19.1. The lowest BCUT2D eigenvalue weighted by Gasteiger charge is -2.32. The molecule has 27 heavy (non-hydrogen) atoms. The molecule has 2 aromatic carbocycles. The monoisotopic (exact) mass is 358 g/mol. The van der Waals surface area contributed by atoms with Crippen LogP contribution in [0.2, 0.25) is 0 Å². The van der Waals surface area contributed by atoms with Gasteiger partial charge in [-0.2, -0.15) is 0 Å². The summed E-state index contributed by atoms with van der Waals surface area (Å²) < 4.78 is 12.4. The number of aromatic nitrogens is 2. The summed E-state index contributed by atoms with van der Waals surface area (Å²) >= 11 is 0. The van der Waals surface area contributed by atoms with E-state index in [1.54, 1.807) is 12.5 Å². The maximum absolute atomic E-state index is 6.19. The van der Waals surface area contributed by atoms with Crippen molar-refractivity contribution in [2.24, 2.45) is 0 Å². The summed E-state index contributed by atoms with van der Waals surface area (Å²) in [5, 5.41) is 0. The largest absolute Gasteiger partial charge is 0.494 e. The fourth-order valence-electron chi connectivity index (χ4n) is 3.16. The minimum atomic E-state index is -0.361. The molecule has 1 saturated heterocycles. The Hall–Kier alpha value is -2.50. The summed E-state index contributed by atoms with van der Waals surface area (Å²) in [6.07, 6.45) is 3.33. The number of hydrogen-bond donors (Lipinski definition) is 0. The van der Waals surface area contributed by atoms with Crippen molar-refractivity contribution in [2.75, 3.05) is 0 Å². The van der Waals surface area contributed by atoms with E-state index in [-0.39, 0.29) is 18.3 Å². The van der Waals surface area contributed by atoms with E-state index in [0.29, 0.717) is 0 Å². The summed E-state index contributed by atoms with van der Waals surface area (Å²) in [7, 11) is -0.361. The van der Waals surface area contributed by atoms with Crippen molar-refractivity contribution in [1.82, 2.24) is 9.97 Å². The van der Waals surface area contributed by atoms with Crippen LogP contribution < -0.4 is 5.46 Å². The molecule has 0 amide bonds. The van der Waals surface area contributed by atoms with Crippen molar-refractivity contribution in [1.29, 1.82) is 0 Å². The zero-order valence-corrected chi connectivity index (χ0v) is 16.1. The first kappa shape index (κ1) is 17.9. The Morgan fingerprint density at radius 3 is 2.07 bits per heavy atom. The van der Waals surface area contributed by atoms with Crippen LogP contribution in [-0.2, 0) is 9.31 Å². The summed E-state index contributed by atoms with van der Waals surface area (Å²) in [5.74, 6) is 0. The number of rotatable bonds is 3. The SMILES string of the molecule is CC1(C)OB(c2cccc(-c3cccc(-c4ccncn4)c3)c2)OC1(C)C. The first-order chi connectivity index (χ1) is 12.9. The van der Waals surface area contributed by atoms with Gasteiger partial charge >= 0.3 is 7.12 Å². The standard InChI is InChI=1S/C22H23BN2O2/c1-21(2)22(3,4)27-23(26-21)19-10-6-8-17(14-19)16-7-5-9-18(13-16)20-11-12-24-15-25-20/h5-15H,1-4H3. The summed E-state index contributed by atoms with van der Waals surface area (Å²) in [6, 6.07) is 18.6. The molecule has 0 spiro atoms. The Labute approximate surface area is 160 Å². The molecule has 0 aliphatic carbocycles. The lowest BCUT2D eigenvalue weighted by Crippen LogP contribution is -2.41. The quantitative estimate of drug-likeness (QED) is 0.661. The summed E-state index contributed by atoms with van der Waals surface area (Å²) in [4.78, 5) is 8.34. The van der Waals surface area contributed by atoms with Gasteiger partial charge in [0.2, 0.25) is 0 Å². The normalized spacial score (nSPS) is 17.9. The number of benzene rings is 2. The van der Waals surface area contributed by atoms with E-state index >= 15 is 0 Å². The predicted molar refractivity (Wildman–Crippen MR) is 109 cm³/mol. The lowest BCUT2D eigenvalue weighted by atomic mass is 9.78. The average Bonchev–Trinajstić information content (AvgIpc) is 2.90. The second kappa shape index (κ2) is 6.59. The van der Waals surface area contributed by atoms with Crippen molar-refractivity contribution in [2.45, 2.75) is 38.9 Å². The number of nitrogens with zero attached hydrogens (tertiary/aromatic N) is 2. The van der Waals surface area contributed by atoms with Crippen LogP contribution in [0.5, 0.6) is 0 Å². The van der Waals surface area contributed by atoms with Gasteiger partial charge in [-0.05, 0) is 56.4 Å². The van der Waals surface area contributed by atoms with Crippen molar-refractivity contribution in [3.05, 3.63) is 67.1 Å². The second-order valence-corrected chi connectivity index (χ2v) is 7.89. The Bertz CT molecular complexity index is 941. The lowest BCUT2D eigenvalue weighted by molar-refractivity contribution is 0.00578. The van der Waals surface area contributed by atoms with Crippen LogP contribution in [-0.4, -0.2) is 28.3 Å². The van der Waals surface area contributed by atoms with Crippen LogP contribution in [0.25, 0.3) is 22.4 Å². The van der Waals surface area contributed by atoms with Crippen LogP contribution in [0.4, 0.5) is 0 Å². The van der Waals surface area contributed by atoms with E-state index in [4.69, 9.17) is 9.31 Å². The van der Waals surface area contributed by atoms with E-state index in [1.807, 2.05) is 18.2 Å². The molecule has 0 atom stereocenters. The fraction of sp³-hybridized carbons (Fsp3) is 0.273. The third kappa shape index (κ3) is 3.40. The molecule has 4 rings (SSSR count). The average molecular weight is 358 g/mol. The molecule has 0 radical (unpaired) electrons. The fourth-order valence-corrected chi connectivity index (χ4v) is 3.16. The molecule has 2 heterocycles. The highest BCUT2D eigenvalue weighted by Gasteiger charge is 2.51. The Morgan fingerprint density at radius 2 is 1.41 bits per heavy atom. The van der Waals surface area contributed by atoms with Crippen LogP contribution >= 0.6 is 0 Å². The van der Waals surface area contributed by atoms with E-state index in [1.165, 1.54) is 0 Å². The molecule has 0 N–H and O–H groups in total. The molecule has 1 fully saturated rings.